The van der Waals surface area contributed by atoms with Crippen LogP contribution in [0, 0.1) is 5.92 Å². The summed E-state index contributed by atoms with van der Waals surface area (Å²) in [6, 6.07) is 15.4. The molecule has 7 heteroatoms. The predicted octanol–water partition coefficient (Wildman–Crippen LogP) is 4.70. The van der Waals surface area contributed by atoms with E-state index in [1.54, 1.807) is 0 Å². The van der Waals surface area contributed by atoms with Gasteiger partial charge in [0.15, 0.2) is 0 Å². The number of fused-ring (bicyclic) bond motifs is 3. The second-order valence-corrected chi connectivity index (χ2v) is 9.18. The third-order valence-electron chi connectivity index (χ3n) is 6.28. The molecule has 3 N–H and O–H groups in total. The molecule has 34 heavy (non-hydrogen) atoms. The van der Waals surface area contributed by atoms with Crippen LogP contribution in [0.3, 0.4) is 0 Å². The monoisotopic (exact) mass is 466 g/mol. The Morgan fingerprint density at radius 1 is 0.941 bits per heavy atom. The summed E-state index contributed by atoms with van der Waals surface area (Å²) in [4.78, 5) is 36.3. The van der Waals surface area contributed by atoms with Gasteiger partial charge >= 0.3 is 12.1 Å². The average molecular weight is 467 g/mol. The number of amides is 2. The molecule has 0 saturated carbocycles. The number of alkyl carbamates (subject to hydrolysis) is 1. The summed E-state index contributed by atoms with van der Waals surface area (Å²) in [5.74, 6) is -1.27. The van der Waals surface area contributed by atoms with Crippen LogP contribution in [0.25, 0.3) is 11.1 Å². The van der Waals surface area contributed by atoms with E-state index in [9.17, 15) is 14.4 Å². The number of nitrogens with one attached hydrogen (secondary N) is 2. The number of benzene rings is 2. The topological polar surface area (TPSA) is 105 Å². The van der Waals surface area contributed by atoms with E-state index < -0.39 is 24.1 Å². The SMILES string of the molecule is CCC[C@H](CC(=O)O)NC(=O)CC(NC(=O)OCC1c2ccccc2-c2ccccc21)C(C)C. The number of carboxylic acid groups (broad SMARTS) is 1. The quantitative estimate of drug-likeness (QED) is 0.445. The van der Waals surface area contributed by atoms with Crippen molar-refractivity contribution in [3.63, 3.8) is 0 Å². The molecule has 0 bridgehead atoms. The van der Waals surface area contributed by atoms with Crippen molar-refractivity contribution in [2.75, 3.05) is 6.61 Å². The summed E-state index contributed by atoms with van der Waals surface area (Å²) in [6.07, 6.45) is 0.727. The molecule has 3 rings (SSSR count). The van der Waals surface area contributed by atoms with E-state index in [0.717, 1.165) is 28.7 Å². The molecule has 0 radical (unpaired) electrons. The van der Waals surface area contributed by atoms with Crippen LogP contribution in [0.2, 0.25) is 0 Å². The van der Waals surface area contributed by atoms with Gasteiger partial charge in [0, 0.05) is 24.4 Å². The van der Waals surface area contributed by atoms with Crippen LogP contribution < -0.4 is 10.6 Å². The Labute approximate surface area is 200 Å². The van der Waals surface area contributed by atoms with Gasteiger partial charge in [-0.1, -0.05) is 75.7 Å². The summed E-state index contributed by atoms with van der Waals surface area (Å²) >= 11 is 0. The second-order valence-electron chi connectivity index (χ2n) is 9.18. The molecule has 0 fully saturated rings. The van der Waals surface area contributed by atoms with Crippen molar-refractivity contribution in [2.24, 2.45) is 5.92 Å². The van der Waals surface area contributed by atoms with E-state index in [0.29, 0.717) is 6.42 Å². The highest BCUT2D eigenvalue weighted by atomic mass is 16.5. The summed E-state index contributed by atoms with van der Waals surface area (Å²) in [7, 11) is 0. The van der Waals surface area contributed by atoms with E-state index >= 15 is 0 Å². The summed E-state index contributed by atoms with van der Waals surface area (Å²) in [5.41, 5.74) is 4.59. The zero-order valence-electron chi connectivity index (χ0n) is 20.0. The molecule has 0 aliphatic heterocycles. The minimum absolute atomic E-state index is 0.00432. The Kier molecular flexibility index (Phi) is 8.68. The highest BCUT2D eigenvalue weighted by molar-refractivity contribution is 5.80. The zero-order chi connectivity index (χ0) is 24.7. The normalized spacial score (nSPS) is 14.1. The smallest absolute Gasteiger partial charge is 0.407 e. The van der Waals surface area contributed by atoms with Crippen LogP contribution in [-0.2, 0) is 14.3 Å². The van der Waals surface area contributed by atoms with E-state index in [-0.39, 0.29) is 37.2 Å². The lowest BCUT2D eigenvalue weighted by molar-refractivity contribution is -0.137. The standard InChI is InChI=1S/C27H34N2O5/c1-4-9-18(14-26(31)32)28-25(30)15-24(17(2)3)29-27(33)34-16-23-21-12-7-5-10-19(21)20-11-6-8-13-22(20)23/h5-8,10-13,17-18,23-24H,4,9,14-16H2,1-3H3,(H,28,30)(H,29,33)(H,31,32)/t18-,24?/m1/s1. The van der Waals surface area contributed by atoms with Crippen molar-refractivity contribution in [3.8, 4) is 11.1 Å². The van der Waals surface area contributed by atoms with Gasteiger partial charge in [0.25, 0.3) is 0 Å². The Morgan fingerprint density at radius 3 is 2.06 bits per heavy atom. The lowest BCUT2D eigenvalue weighted by Gasteiger charge is -2.24. The maximum atomic E-state index is 12.6. The molecule has 7 nitrogen and oxygen atoms in total. The number of hydrogen-bond acceptors (Lipinski definition) is 4. The number of aliphatic carboxylic acids is 1. The Bertz CT molecular complexity index is 974. The number of rotatable bonds is 11. The van der Waals surface area contributed by atoms with E-state index in [4.69, 9.17) is 9.84 Å². The second kappa shape index (κ2) is 11.7. The third-order valence-corrected chi connectivity index (χ3v) is 6.28. The number of carbonyl (C=O) groups is 3. The number of ether oxygens (including phenoxy) is 1. The molecule has 2 amide bonds. The van der Waals surface area contributed by atoms with Crippen molar-refractivity contribution < 1.29 is 24.2 Å². The van der Waals surface area contributed by atoms with Crippen molar-refractivity contribution in [2.45, 2.75) is 64.5 Å². The maximum Gasteiger partial charge on any atom is 0.407 e. The molecular formula is C27H34N2O5. The van der Waals surface area contributed by atoms with E-state index in [1.807, 2.05) is 45.0 Å². The number of carbonyl (C=O) groups excluding carboxylic acids is 2. The summed E-state index contributed by atoms with van der Waals surface area (Å²) in [5, 5.41) is 14.7. The molecule has 2 aromatic rings. The largest absolute Gasteiger partial charge is 0.481 e. The fourth-order valence-electron chi connectivity index (χ4n) is 4.52. The van der Waals surface area contributed by atoms with Crippen LogP contribution in [-0.4, -0.2) is 41.8 Å². The molecule has 0 spiro atoms. The molecule has 0 heterocycles. The molecule has 1 aliphatic rings. The first-order valence-electron chi connectivity index (χ1n) is 11.9. The Morgan fingerprint density at radius 2 is 1.53 bits per heavy atom. The first-order chi connectivity index (χ1) is 16.3. The van der Waals surface area contributed by atoms with Crippen molar-refractivity contribution in [1.29, 1.82) is 0 Å². The van der Waals surface area contributed by atoms with Gasteiger partial charge in [0.2, 0.25) is 5.91 Å². The zero-order valence-corrected chi connectivity index (χ0v) is 20.0. The number of hydrogen-bond donors (Lipinski definition) is 3. The highest BCUT2D eigenvalue weighted by Gasteiger charge is 2.29. The van der Waals surface area contributed by atoms with Gasteiger partial charge < -0.3 is 20.5 Å². The van der Waals surface area contributed by atoms with Crippen molar-refractivity contribution in [3.05, 3.63) is 59.7 Å². The van der Waals surface area contributed by atoms with Gasteiger partial charge in [-0.3, -0.25) is 9.59 Å². The molecule has 1 unspecified atom stereocenters. The van der Waals surface area contributed by atoms with Crippen molar-refractivity contribution in [1.82, 2.24) is 10.6 Å². The van der Waals surface area contributed by atoms with Gasteiger partial charge in [0.1, 0.15) is 6.61 Å². The third kappa shape index (κ3) is 6.37. The molecule has 182 valence electrons. The highest BCUT2D eigenvalue weighted by Crippen LogP contribution is 2.44. The first-order valence-corrected chi connectivity index (χ1v) is 11.9. The predicted molar refractivity (Wildman–Crippen MR) is 131 cm³/mol. The Balaban J connectivity index is 1.58. The fraction of sp³-hybridized carbons (Fsp3) is 0.444. The number of carboxylic acids is 1. The van der Waals surface area contributed by atoms with Crippen LogP contribution >= 0.6 is 0 Å². The summed E-state index contributed by atoms with van der Waals surface area (Å²) in [6.45, 7) is 5.98. The van der Waals surface area contributed by atoms with E-state index in [2.05, 4.69) is 34.9 Å². The van der Waals surface area contributed by atoms with Crippen LogP contribution in [0.1, 0.15) is 63.5 Å². The molecule has 2 aromatic carbocycles. The molecule has 2 atom stereocenters. The van der Waals surface area contributed by atoms with E-state index in [1.165, 1.54) is 0 Å². The van der Waals surface area contributed by atoms with Gasteiger partial charge in [0.05, 0.1) is 6.42 Å². The van der Waals surface area contributed by atoms with Gasteiger partial charge in [-0.25, -0.2) is 4.79 Å². The van der Waals surface area contributed by atoms with Gasteiger partial charge in [-0.15, -0.1) is 0 Å². The minimum Gasteiger partial charge on any atom is -0.481 e. The van der Waals surface area contributed by atoms with Crippen molar-refractivity contribution >= 4 is 18.0 Å². The van der Waals surface area contributed by atoms with Gasteiger partial charge in [-0.05, 0) is 34.6 Å². The molecule has 0 aromatic heterocycles. The lowest BCUT2D eigenvalue weighted by atomic mass is 9.98. The fourth-order valence-corrected chi connectivity index (χ4v) is 4.52. The first kappa shape index (κ1) is 25.3. The maximum absolute atomic E-state index is 12.6. The molecular weight excluding hydrogens is 432 g/mol. The van der Waals surface area contributed by atoms with Crippen LogP contribution in [0.15, 0.2) is 48.5 Å². The van der Waals surface area contributed by atoms with Crippen LogP contribution in [0.4, 0.5) is 4.79 Å². The average Bonchev–Trinajstić information content (AvgIpc) is 3.10. The van der Waals surface area contributed by atoms with Gasteiger partial charge in [-0.2, -0.15) is 0 Å². The lowest BCUT2D eigenvalue weighted by Crippen LogP contribution is -2.45. The summed E-state index contributed by atoms with van der Waals surface area (Å²) < 4.78 is 5.61. The van der Waals surface area contributed by atoms with Crippen LogP contribution in [0.5, 0.6) is 0 Å². The minimum atomic E-state index is -0.948. The molecule has 0 saturated heterocycles. The Hall–Kier alpha value is -3.35. The molecule has 1 aliphatic carbocycles.